The Morgan fingerprint density at radius 2 is 1.60 bits per heavy atom. The first kappa shape index (κ1) is 14.9. The summed E-state index contributed by atoms with van der Waals surface area (Å²) in [4.78, 5) is 0. The van der Waals surface area contributed by atoms with Crippen LogP contribution in [0.1, 0.15) is 53.4 Å². The lowest BCUT2D eigenvalue weighted by molar-refractivity contribution is 0.0269. The molecule has 0 aromatic heterocycles. The molecular weight excluding hydrogens is 186 g/mol. The molecule has 1 N–H and O–H groups in total. The molecule has 0 spiro atoms. The summed E-state index contributed by atoms with van der Waals surface area (Å²) in [6, 6.07) is 0.514. The van der Waals surface area contributed by atoms with E-state index < -0.39 is 0 Å². The Balaban J connectivity index is 4.17. The molecule has 2 nitrogen and oxygen atoms in total. The van der Waals surface area contributed by atoms with Gasteiger partial charge in [0.15, 0.2) is 0 Å². The van der Waals surface area contributed by atoms with Crippen molar-refractivity contribution in [3.63, 3.8) is 0 Å². The highest BCUT2D eigenvalue weighted by molar-refractivity contribution is 4.77. The molecule has 0 aromatic carbocycles. The number of hydrogen-bond donors (Lipinski definition) is 1. The molecule has 0 aliphatic carbocycles. The Kier molecular flexibility index (Phi) is 9.12. The number of ether oxygens (including phenoxy) is 1. The molecule has 0 amide bonds. The quantitative estimate of drug-likeness (QED) is 0.637. The van der Waals surface area contributed by atoms with E-state index in [4.69, 9.17) is 4.74 Å². The zero-order chi connectivity index (χ0) is 11.7. The van der Waals surface area contributed by atoms with Crippen LogP contribution in [0.2, 0.25) is 0 Å². The van der Waals surface area contributed by atoms with E-state index in [1.165, 1.54) is 19.3 Å². The zero-order valence-corrected chi connectivity index (χ0v) is 11.2. The van der Waals surface area contributed by atoms with Crippen LogP contribution in [-0.2, 0) is 4.74 Å². The van der Waals surface area contributed by atoms with Crippen LogP contribution in [-0.4, -0.2) is 25.8 Å². The van der Waals surface area contributed by atoms with E-state index in [9.17, 15) is 0 Å². The second-order valence-corrected chi connectivity index (χ2v) is 4.22. The Bertz CT molecular complexity index is 134. The van der Waals surface area contributed by atoms with Crippen molar-refractivity contribution < 1.29 is 4.74 Å². The number of hydrogen-bond acceptors (Lipinski definition) is 2. The minimum atomic E-state index is 0.376. The minimum absolute atomic E-state index is 0.376. The van der Waals surface area contributed by atoms with Gasteiger partial charge >= 0.3 is 0 Å². The SMILES string of the molecule is CCOC(CC)C(CC(CC)CC)NC. The molecule has 0 bridgehead atoms. The molecular formula is C13H29NO. The molecule has 2 atom stereocenters. The Hall–Kier alpha value is -0.0800. The summed E-state index contributed by atoms with van der Waals surface area (Å²) in [6.07, 6.45) is 5.26. The molecule has 0 fully saturated rings. The van der Waals surface area contributed by atoms with Crippen LogP contribution in [0.3, 0.4) is 0 Å². The Morgan fingerprint density at radius 3 is 1.93 bits per heavy atom. The monoisotopic (exact) mass is 215 g/mol. The van der Waals surface area contributed by atoms with Crippen LogP contribution in [0.15, 0.2) is 0 Å². The number of nitrogens with one attached hydrogen (secondary N) is 1. The van der Waals surface area contributed by atoms with Gasteiger partial charge in [-0.25, -0.2) is 0 Å². The lowest BCUT2D eigenvalue weighted by Crippen LogP contribution is -2.40. The van der Waals surface area contributed by atoms with E-state index in [-0.39, 0.29) is 0 Å². The molecule has 0 radical (unpaired) electrons. The third kappa shape index (κ3) is 5.53. The van der Waals surface area contributed by atoms with Gasteiger partial charge in [0, 0.05) is 12.6 Å². The highest BCUT2D eigenvalue weighted by atomic mass is 16.5. The average Bonchev–Trinajstić information content (AvgIpc) is 2.28. The highest BCUT2D eigenvalue weighted by Gasteiger charge is 2.21. The second kappa shape index (κ2) is 9.17. The molecule has 2 unspecified atom stereocenters. The maximum atomic E-state index is 5.77. The van der Waals surface area contributed by atoms with Crippen molar-refractivity contribution in [2.24, 2.45) is 5.92 Å². The lowest BCUT2D eigenvalue weighted by atomic mass is 9.91. The number of likely N-dealkylation sites (N-methyl/N-ethyl adjacent to an activating group) is 1. The van der Waals surface area contributed by atoms with Gasteiger partial charge < -0.3 is 10.1 Å². The van der Waals surface area contributed by atoms with Gasteiger partial charge in [-0.3, -0.25) is 0 Å². The fraction of sp³-hybridized carbons (Fsp3) is 1.00. The first-order valence-corrected chi connectivity index (χ1v) is 6.52. The largest absolute Gasteiger partial charge is 0.377 e. The van der Waals surface area contributed by atoms with Crippen LogP contribution >= 0.6 is 0 Å². The zero-order valence-electron chi connectivity index (χ0n) is 11.2. The van der Waals surface area contributed by atoms with Crippen molar-refractivity contribution in [3.8, 4) is 0 Å². The number of rotatable bonds is 9. The van der Waals surface area contributed by atoms with Crippen LogP contribution in [0.4, 0.5) is 0 Å². The molecule has 92 valence electrons. The second-order valence-electron chi connectivity index (χ2n) is 4.22. The maximum Gasteiger partial charge on any atom is 0.0725 e. The van der Waals surface area contributed by atoms with Gasteiger partial charge in [0.1, 0.15) is 0 Å². The molecule has 0 heterocycles. The van der Waals surface area contributed by atoms with Crippen LogP contribution < -0.4 is 5.32 Å². The smallest absolute Gasteiger partial charge is 0.0725 e. The van der Waals surface area contributed by atoms with Gasteiger partial charge in [-0.1, -0.05) is 33.6 Å². The summed E-state index contributed by atoms with van der Waals surface area (Å²) in [5.74, 6) is 0.831. The summed E-state index contributed by atoms with van der Waals surface area (Å²) < 4.78 is 5.77. The molecule has 0 rings (SSSR count). The molecule has 0 aromatic rings. The highest BCUT2D eigenvalue weighted by Crippen LogP contribution is 2.19. The van der Waals surface area contributed by atoms with Gasteiger partial charge in [0.2, 0.25) is 0 Å². The van der Waals surface area contributed by atoms with Crippen molar-refractivity contribution in [1.29, 1.82) is 0 Å². The predicted octanol–water partition coefficient (Wildman–Crippen LogP) is 3.22. The first-order valence-electron chi connectivity index (χ1n) is 6.52. The maximum absolute atomic E-state index is 5.77. The summed E-state index contributed by atoms with van der Waals surface area (Å²) >= 11 is 0. The van der Waals surface area contributed by atoms with Gasteiger partial charge in [0.05, 0.1) is 6.10 Å². The fourth-order valence-electron chi connectivity index (χ4n) is 2.17. The van der Waals surface area contributed by atoms with Gasteiger partial charge in [-0.2, -0.15) is 0 Å². The molecule has 0 aliphatic rings. The van der Waals surface area contributed by atoms with E-state index in [1.54, 1.807) is 0 Å². The molecule has 15 heavy (non-hydrogen) atoms. The van der Waals surface area contributed by atoms with Crippen molar-refractivity contribution in [2.45, 2.75) is 65.5 Å². The van der Waals surface area contributed by atoms with E-state index in [2.05, 4.69) is 40.1 Å². The van der Waals surface area contributed by atoms with Gasteiger partial charge in [-0.05, 0) is 32.7 Å². The average molecular weight is 215 g/mol. The third-order valence-electron chi connectivity index (χ3n) is 3.34. The van der Waals surface area contributed by atoms with Crippen molar-refractivity contribution in [3.05, 3.63) is 0 Å². The Morgan fingerprint density at radius 1 is 1.00 bits per heavy atom. The van der Waals surface area contributed by atoms with Crippen LogP contribution in [0.5, 0.6) is 0 Å². The third-order valence-corrected chi connectivity index (χ3v) is 3.34. The van der Waals surface area contributed by atoms with E-state index in [0.717, 1.165) is 18.9 Å². The summed E-state index contributed by atoms with van der Waals surface area (Å²) in [5.41, 5.74) is 0. The van der Waals surface area contributed by atoms with E-state index in [0.29, 0.717) is 12.1 Å². The summed E-state index contributed by atoms with van der Waals surface area (Å²) in [6.45, 7) is 9.66. The van der Waals surface area contributed by atoms with Gasteiger partial charge in [0.25, 0.3) is 0 Å². The normalized spacial score (nSPS) is 15.6. The van der Waals surface area contributed by atoms with E-state index in [1.807, 2.05) is 0 Å². The minimum Gasteiger partial charge on any atom is -0.377 e. The standard InChI is InChI=1S/C13H29NO/c1-6-11(7-2)10-12(14-5)13(8-3)15-9-4/h11-14H,6-10H2,1-5H3. The molecule has 0 saturated heterocycles. The molecule has 0 saturated carbocycles. The van der Waals surface area contributed by atoms with Gasteiger partial charge in [-0.15, -0.1) is 0 Å². The Labute approximate surface area is 95.8 Å². The van der Waals surface area contributed by atoms with E-state index >= 15 is 0 Å². The van der Waals surface area contributed by atoms with Crippen LogP contribution in [0.25, 0.3) is 0 Å². The molecule has 0 aliphatic heterocycles. The molecule has 2 heteroatoms. The van der Waals surface area contributed by atoms with Crippen LogP contribution in [0, 0.1) is 5.92 Å². The summed E-state index contributed by atoms with van der Waals surface area (Å²) in [7, 11) is 2.05. The topological polar surface area (TPSA) is 21.3 Å². The lowest BCUT2D eigenvalue weighted by Gasteiger charge is -2.28. The van der Waals surface area contributed by atoms with Crippen molar-refractivity contribution in [1.82, 2.24) is 5.32 Å². The van der Waals surface area contributed by atoms with Crippen molar-refractivity contribution in [2.75, 3.05) is 13.7 Å². The van der Waals surface area contributed by atoms with Crippen molar-refractivity contribution >= 4 is 0 Å². The predicted molar refractivity (Wildman–Crippen MR) is 67.2 cm³/mol. The first-order chi connectivity index (χ1) is 7.23. The fourth-order valence-corrected chi connectivity index (χ4v) is 2.17. The summed E-state index contributed by atoms with van der Waals surface area (Å²) in [5, 5.41) is 3.41.